The van der Waals surface area contributed by atoms with E-state index in [4.69, 9.17) is 11.6 Å². The number of hydrogen-bond donors (Lipinski definition) is 0. The molecule has 0 bridgehead atoms. The summed E-state index contributed by atoms with van der Waals surface area (Å²) >= 11 is 5.69. The Morgan fingerprint density at radius 2 is 2.14 bits per heavy atom. The number of sulfone groups is 1. The molecule has 1 rings (SSSR count). The van der Waals surface area contributed by atoms with Gasteiger partial charge in [-0.25, -0.2) is 18.2 Å². The van der Waals surface area contributed by atoms with E-state index in [1.807, 2.05) is 0 Å². The topological polar surface area (TPSA) is 85.2 Å². The van der Waals surface area contributed by atoms with Gasteiger partial charge < -0.3 is 4.90 Å². The molecular formula is C12H19ClN4O3S. The third-order valence-corrected chi connectivity index (χ3v) is 4.48. The number of aromatic nitrogens is 3. The molecule has 0 aliphatic carbocycles. The predicted octanol–water partition coefficient (Wildman–Crippen LogP) is 1.75. The second kappa shape index (κ2) is 7.04. The minimum atomic E-state index is -3.59. The molecule has 0 radical (unpaired) electrons. The molecule has 0 spiro atoms. The number of carbonyl (C=O) groups is 1. The van der Waals surface area contributed by atoms with Crippen LogP contribution in [0.3, 0.4) is 0 Å². The first kappa shape index (κ1) is 17.6. The van der Waals surface area contributed by atoms with Crippen LogP contribution >= 0.6 is 11.6 Å². The standard InChI is InChI=1S/C12H19ClN4O3S/c1-5-16(6-10(4)13)12(18)17-8-14-11(15-17)21(19,20)7-9(2)3/h8-9H,4-7H2,1-3H3. The fourth-order valence-electron chi connectivity index (χ4n) is 1.66. The highest BCUT2D eigenvalue weighted by Crippen LogP contribution is 2.10. The van der Waals surface area contributed by atoms with Crippen molar-refractivity contribution in [1.82, 2.24) is 19.7 Å². The van der Waals surface area contributed by atoms with Crippen molar-refractivity contribution in [2.24, 2.45) is 5.92 Å². The number of halogens is 1. The van der Waals surface area contributed by atoms with E-state index in [1.54, 1.807) is 20.8 Å². The van der Waals surface area contributed by atoms with Gasteiger partial charge in [0.1, 0.15) is 6.33 Å². The van der Waals surface area contributed by atoms with E-state index in [1.165, 1.54) is 4.90 Å². The van der Waals surface area contributed by atoms with E-state index in [2.05, 4.69) is 16.7 Å². The normalized spacial score (nSPS) is 11.7. The first-order chi connectivity index (χ1) is 9.67. The average Bonchev–Trinajstić information content (AvgIpc) is 2.83. The highest BCUT2D eigenvalue weighted by Gasteiger charge is 2.24. The monoisotopic (exact) mass is 334 g/mol. The second-order valence-electron chi connectivity index (χ2n) is 4.96. The Morgan fingerprint density at radius 3 is 2.62 bits per heavy atom. The first-order valence-corrected chi connectivity index (χ1v) is 8.47. The molecule has 1 amide bonds. The summed E-state index contributed by atoms with van der Waals surface area (Å²) in [6.45, 7) is 9.41. The summed E-state index contributed by atoms with van der Waals surface area (Å²) in [7, 11) is -3.59. The zero-order chi connectivity index (χ0) is 16.2. The minimum absolute atomic E-state index is 0.0515. The molecule has 118 valence electrons. The second-order valence-corrected chi connectivity index (χ2v) is 7.42. The van der Waals surface area contributed by atoms with Crippen molar-refractivity contribution in [1.29, 1.82) is 0 Å². The summed E-state index contributed by atoms with van der Waals surface area (Å²) in [5.74, 6) is -0.120. The van der Waals surface area contributed by atoms with Gasteiger partial charge in [0.15, 0.2) is 0 Å². The van der Waals surface area contributed by atoms with E-state index < -0.39 is 15.9 Å². The minimum Gasteiger partial charge on any atom is -0.318 e. The number of carbonyl (C=O) groups excluding carboxylic acids is 1. The fraction of sp³-hybridized carbons (Fsp3) is 0.583. The lowest BCUT2D eigenvalue weighted by molar-refractivity contribution is 0.203. The van der Waals surface area contributed by atoms with Crippen LogP contribution in [0.25, 0.3) is 0 Å². The Kier molecular flexibility index (Phi) is 5.91. The molecule has 0 fully saturated rings. The Morgan fingerprint density at radius 1 is 1.52 bits per heavy atom. The van der Waals surface area contributed by atoms with E-state index in [0.29, 0.717) is 11.6 Å². The predicted molar refractivity (Wildman–Crippen MR) is 79.9 cm³/mol. The number of rotatable bonds is 6. The SMILES string of the molecule is C=C(Cl)CN(CC)C(=O)n1cnc(S(=O)(=O)CC(C)C)n1. The van der Waals surface area contributed by atoms with Crippen LogP contribution in [0.1, 0.15) is 20.8 Å². The summed E-state index contributed by atoms with van der Waals surface area (Å²) in [5.41, 5.74) is 0. The van der Waals surface area contributed by atoms with E-state index >= 15 is 0 Å². The molecule has 0 unspecified atom stereocenters. The summed E-state index contributed by atoms with van der Waals surface area (Å²) in [4.78, 5) is 17.3. The highest BCUT2D eigenvalue weighted by molar-refractivity contribution is 7.91. The molecule has 1 aromatic rings. The largest absolute Gasteiger partial charge is 0.346 e. The van der Waals surface area contributed by atoms with Crippen molar-refractivity contribution < 1.29 is 13.2 Å². The van der Waals surface area contributed by atoms with Gasteiger partial charge in [0.05, 0.1) is 12.3 Å². The smallest absolute Gasteiger partial charge is 0.318 e. The van der Waals surface area contributed by atoms with Crippen LogP contribution in [0.5, 0.6) is 0 Å². The first-order valence-electron chi connectivity index (χ1n) is 6.44. The van der Waals surface area contributed by atoms with Gasteiger partial charge in [0.2, 0.25) is 9.84 Å². The van der Waals surface area contributed by atoms with Crippen molar-refractivity contribution in [2.45, 2.75) is 25.9 Å². The third kappa shape index (κ3) is 4.82. The van der Waals surface area contributed by atoms with Gasteiger partial charge in [-0.1, -0.05) is 32.0 Å². The van der Waals surface area contributed by atoms with Crippen LogP contribution in [-0.2, 0) is 9.84 Å². The van der Waals surface area contributed by atoms with Gasteiger partial charge in [-0.3, -0.25) is 0 Å². The Balaban J connectivity index is 2.97. The lowest BCUT2D eigenvalue weighted by Crippen LogP contribution is -2.35. The highest BCUT2D eigenvalue weighted by atomic mass is 35.5. The van der Waals surface area contributed by atoms with Gasteiger partial charge in [-0.05, 0) is 12.8 Å². The van der Waals surface area contributed by atoms with Crippen molar-refractivity contribution >= 4 is 27.5 Å². The van der Waals surface area contributed by atoms with Gasteiger partial charge in [0.25, 0.3) is 5.16 Å². The van der Waals surface area contributed by atoms with E-state index in [9.17, 15) is 13.2 Å². The molecular weight excluding hydrogens is 316 g/mol. The molecule has 0 atom stereocenters. The molecule has 0 saturated carbocycles. The Bertz CT molecular complexity index is 624. The molecule has 0 N–H and O–H groups in total. The Labute approximate surface area is 129 Å². The van der Waals surface area contributed by atoms with Gasteiger partial charge in [0, 0.05) is 11.6 Å². The molecule has 7 nitrogen and oxygen atoms in total. The third-order valence-electron chi connectivity index (χ3n) is 2.51. The van der Waals surface area contributed by atoms with Crippen molar-refractivity contribution in [3.63, 3.8) is 0 Å². The number of likely N-dealkylation sites (N-methyl/N-ethyl adjacent to an activating group) is 1. The van der Waals surface area contributed by atoms with Crippen molar-refractivity contribution in [2.75, 3.05) is 18.8 Å². The molecule has 9 heteroatoms. The van der Waals surface area contributed by atoms with E-state index in [0.717, 1.165) is 11.0 Å². The molecule has 0 saturated heterocycles. The van der Waals surface area contributed by atoms with Crippen molar-refractivity contribution in [3.05, 3.63) is 17.9 Å². The summed E-state index contributed by atoms with van der Waals surface area (Å²) in [6.07, 6.45) is 1.09. The van der Waals surface area contributed by atoms with Crippen LogP contribution < -0.4 is 0 Å². The maximum absolute atomic E-state index is 12.2. The van der Waals surface area contributed by atoms with Crippen LogP contribution in [0.2, 0.25) is 0 Å². The lowest BCUT2D eigenvalue weighted by Gasteiger charge is -2.19. The number of hydrogen-bond acceptors (Lipinski definition) is 5. The quantitative estimate of drug-likeness (QED) is 0.791. The molecule has 21 heavy (non-hydrogen) atoms. The molecule has 0 aliphatic heterocycles. The summed E-state index contributed by atoms with van der Waals surface area (Å²) in [6, 6.07) is -0.502. The maximum atomic E-state index is 12.2. The van der Waals surface area contributed by atoms with Gasteiger partial charge in [-0.2, -0.15) is 4.68 Å². The summed E-state index contributed by atoms with van der Waals surface area (Å²) < 4.78 is 24.9. The average molecular weight is 335 g/mol. The van der Waals surface area contributed by atoms with Gasteiger partial charge >= 0.3 is 6.03 Å². The van der Waals surface area contributed by atoms with Crippen LogP contribution in [0.4, 0.5) is 4.79 Å². The zero-order valence-corrected chi connectivity index (χ0v) is 13.9. The number of nitrogens with zero attached hydrogens (tertiary/aromatic N) is 4. The van der Waals surface area contributed by atoms with Crippen LogP contribution in [-0.4, -0.2) is 53.0 Å². The zero-order valence-electron chi connectivity index (χ0n) is 12.3. The summed E-state index contributed by atoms with van der Waals surface area (Å²) in [5, 5.41) is 3.73. The fourth-order valence-corrected chi connectivity index (χ4v) is 3.25. The van der Waals surface area contributed by atoms with E-state index in [-0.39, 0.29) is 23.4 Å². The molecule has 1 heterocycles. The molecule has 0 aromatic carbocycles. The molecule has 1 aromatic heterocycles. The van der Waals surface area contributed by atoms with Crippen LogP contribution in [0, 0.1) is 5.92 Å². The van der Waals surface area contributed by atoms with Crippen LogP contribution in [0.15, 0.2) is 23.1 Å². The number of amides is 1. The Hall–Kier alpha value is -1.41. The molecule has 0 aliphatic rings. The van der Waals surface area contributed by atoms with Gasteiger partial charge in [-0.15, -0.1) is 5.10 Å². The maximum Gasteiger partial charge on any atom is 0.346 e. The van der Waals surface area contributed by atoms with Crippen molar-refractivity contribution in [3.8, 4) is 0 Å². The lowest BCUT2D eigenvalue weighted by atomic mass is 10.3.